The van der Waals surface area contributed by atoms with Gasteiger partial charge in [0.05, 0.1) is 11.6 Å². The zero-order chi connectivity index (χ0) is 21.3. The summed E-state index contributed by atoms with van der Waals surface area (Å²) >= 11 is 1.67. The predicted molar refractivity (Wildman–Crippen MR) is 132 cm³/mol. The molecule has 0 aliphatic rings. The van der Waals surface area contributed by atoms with E-state index in [0.29, 0.717) is 12.5 Å². The minimum atomic E-state index is -0.498. The van der Waals surface area contributed by atoms with Crippen molar-refractivity contribution in [2.75, 3.05) is 20.1 Å². The van der Waals surface area contributed by atoms with Crippen molar-refractivity contribution in [1.82, 2.24) is 20.5 Å². The van der Waals surface area contributed by atoms with Crippen LogP contribution in [0.2, 0.25) is 0 Å². The summed E-state index contributed by atoms with van der Waals surface area (Å²) in [6, 6.07) is 0.0318. The molecule has 0 spiro atoms. The van der Waals surface area contributed by atoms with Gasteiger partial charge in [0, 0.05) is 37.3 Å². The minimum absolute atomic E-state index is 0. The second-order valence-corrected chi connectivity index (χ2v) is 9.54. The molecule has 0 bridgehead atoms. The Labute approximate surface area is 197 Å². The van der Waals surface area contributed by atoms with Crippen LogP contribution in [0.1, 0.15) is 57.8 Å². The Balaban J connectivity index is 0.00000784. The number of amides is 1. The lowest BCUT2D eigenvalue weighted by Gasteiger charge is -2.28. The first kappa shape index (κ1) is 27.9. The van der Waals surface area contributed by atoms with Gasteiger partial charge in [-0.3, -0.25) is 0 Å². The lowest BCUT2D eigenvalue weighted by molar-refractivity contribution is 0.0486. The summed E-state index contributed by atoms with van der Waals surface area (Å²) < 4.78 is 5.40. The molecule has 0 aromatic carbocycles. The van der Waals surface area contributed by atoms with Crippen LogP contribution in [0.4, 0.5) is 4.79 Å². The molecule has 0 saturated heterocycles. The van der Waals surface area contributed by atoms with E-state index in [1.165, 1.54) is 0 Å². The van der Waals surface area contributed by atoms with Crippen molar-refractivity contribution in [2.24, 2.45) is 10.9 Å². The predicted octanol–water partition coefficient (Wildman–Crippen LogP) is 4.41. The Hall–Kier alpha value is -1.10. The van der Waals surface area contributed by atoms with E-state index in [2.05, 4.69) is 41.3 Å². The zero-order valence-electron chi connectivity index (χ0n) is 19.0. The maximum absolute atomic E-state index is 12.1. The quantitative estimate of drug-likeness (QED) is 0.291. The molecule has 1 rings (SSSR count). The van der Waals surface area contributed by atoms with Gasteiger partial charge in [0.2, 0.25) is 0 Å². The highest BCUT2D eigenvalue weighted by Crippen LogP contribution is 2.13. The third-order valence-electron chi connectivity index (χ3n) is 4.03. The van der Waals surface area contributed by atoms with Gasteiger partial charge in [0.1, 0.15) is 5.60 Å². The van der Waals surface area contributed by atoms with E-state index < -0.39 is 5.60 Å². The second-order valence-electron chi connectivity index (χ2n) is 8.22. The molecule has 1 heterocycles. The van der Waals surface area contributed by atoms with Crippen LogP contribution in [0.15, 0.2) is 11.2 Å². The maximum atomic E-state index is 12.1. The van der Waals surface area contributed by atoms with Crippen molar-refractivity contribution in [3.63, 3.8) is 0 Å². The minimum Gasteiger partial charge on any atom is -0.444 e. The van der Waals surface area contributed by atoms with Gasteiger partial charge in [-0.25, -0.2) is 14.8 Å². The van der Waals surface area contributed by atoms with Gasteiger partial charge in [-0.1, -0.05) is 13.8 Å². The van der Waals surface area contributed by atoms with Crippen molar-refractivity contribution < 1.29 is 9.53 Å². The fourth-order valence-corrected chi connectivity index (χ4v) is 3.29. The molecule has 9 heteroatoms. The normalized spacial score (nSPS) is 12.9. The molecule has 1 aromatic rings. The third kappa shape index (κ3) is 11.6. The summed E-state index contributed by atoms with van der Waals surface area (Å²) in [4.78, 5) is 24.4. The number of carbonyl (C=O) groups excluding carboxylic acids is 1. The summed E-state index contributed by atoms with van der Waals surface area (Å²) in [6.07, 6.45) is 2.32. The number of ether oxygens (including phenoxy) is 1. The van der Waals surface area contributed by atoms with Gasteiger partial charge >= 0.3 is 6.09 Å². The second kappa shape index (κ2) is 13.3. The molecule has 0 aliphatic carbocycles. The van der Waals surface area contributed by atoms with Gasteiger partial charge in [0.15, 0.2) is 5.96 Å². The van der Waals surface area contributed by atoms with Crippen LogP contribution in [-0.2, 0) is 11.3 Å². The molecule has 1 amide bonds. The van der Waals surface area contributed by atoms with Crippen molar-refractivity contribution in [2.45, 2.75) is 73.1 Å². The number of alkyl carbamates (subject to hydrolysis) is 1. The Kier molecular flexibility index (Phi) is 12.7. The maximum Gasteiger partial charge on any atom is 0.407 e. The van der Waals surface area contributed by atoms with E-state index in [0.717, 1.165) is 35.4 Å². The number of nitrogens with one attached hydrogen (secondary N) is 2. The summed E-state index contributed by atoms with van der Waals surface area (Å²) in [5.74, 6) is 1.16. The molecular weight excluding hydrogens is 501 g/mol. The highest BCUT2D eigenvalue weighted by molar-refractivity contribution is 14.0. The summed E-state index contributed by atoms with van der Waals surface area (Å²) in [5.41, 5.74) is -0.498. The van der Waals surface area contributed by atoms with Gasteiger partial charge < -0.3 is 20.3 Å². The van der Waals surface area contributed by atoms with Crippen LogP contribution in [0.3, 0.4) is 0 Å². The smallest absolute Gasteiger partial charge is 0.407 e. The van der Waals surface area contributed by atoms with Crippen molar-refractivity contribution in [1.29, 1.82) is 0 Å². The van der Waals surface area contributed by atoms with Crippen molar-refractivity contribution in [3.8, 4) is 0 Å². The molecule has 1 unspecified atom stereocenters. The molecule has 0 aliphatic heterocycles. The molecule has 1 aromatic heterocycles. The number of guanidine groups is 1. The Morgan fingerprint density at radius 2 is 2.03 bits per heavy atom. The first-order valence-corrected chi connectivity index (χ1v) is 10.7. The van der Waals surface area contributed by atoms with Crippen molar-refractivity contribution in [3.05, 3.63) is 16.1 Å². The van der Waals surface area contributed by atoms with Gasteiger partial charge in [-0.15, -0.1) is 35.3 Å². The fraction of sp³-hybridized carbons (Fsp3) is 0.750. The monoisotopic (exact) mass is 539 g/mol. The first-order chi connectivity index (χ1) is 13.0. The number of hydrogen-bond donors (Lipinski definition) is 2. The SMILES string of the molecule is CCNC(=NCc1cnc(C)s1)N(C)CCC(NC(=O)OC(C)(C)C)C(C)C.I. The average molecular weight is 540 g/mol. The van der Waals surface area contributed by atoms with Gasteiger partial charge in [-0.2, -0.15) is 0 Å². The number of nitrogens with zero attached hydrogens (tertiary/aromatic N) is 3. The Bertz CT molecular complexity index is 643. The highest BCUT2D eigenvalue weighted by Gasteiger charge is 2.22. The largest absolute Gasteiger partial charge is 0.444 e. The summed E-state index contributed by atoms with van der Waals surface area (Å²) in [6.45, 7) is 16.1. The molecule has 0 fully saturated rings. The number of aryl methyl sites for hydroxylation is 1. The highest BCUT2D eigenvalue weighted by atomic mass is 127. The van der Waals surface area contributed by atoms with E-state index in [1.54, 1.807) is 11.3 Å². The van der Waals surface area contributed by atoms with Gasteiger partial charge in [-0.05, 0) is 47.0 Å². The van der Waals surface area contributed by atoms with Gasteiger partial charge in [0.25, 0.3) is 0 Å². The molecule has 2 N–H and O–H groups in total. The average Bonchev–Trinajstić information content (AvgIpc) is 2.98. The molecule has 0 saturated carbocycles. The van der Waals surface area contributed by atoms with E-state index in [-0.39, 0.29) is 36.1 Å². The standard InChI is InChI=1S/C20H37N5O2S.HI/c1-9-21-18(23-13-16-12-22-15(4)28-16)25(8)11-10-17(14(2)3)24-19(26)27-20(5,6)7;/h12,14,17H,9-11,13H2,1-8H3,(H,21,23)(H,24,26);1H. The summed E-state index contributed by atoms with van der Waals surface area (Å²) in [5, 5.41) is 7.39. The first-order valence-electron chi connectivity index (χ1n) is 9.92. The number of thiazole rings is 1. The van der Waals surface area contributed by atoms with E-state index in [9.17, 15) is 4.79 Å². The lowest BCUT2D eigenvalue weighted by Crippen LogP contribution is -2.45. The van der Waals surface area contributed by atoms with Crippen LogP contribution in [0.5, 0.6) is 0 Å². The number of carbonyl (C=O) groups is 1. The van der Waals surface area contributed by atoms with E-state index in [1.807, 2.05) is 40.9 Å². The van der Waals surface area contributed by atoms with Crippen LogP contribution < -0.4 is 10.6 Å². The number of aromatic nitrogens is 1. The van der Waals surface area contributed by atoms with Crippen LogP contribution in [-0.4, -0.2) is 53.7 Å². The Morgan fingerprint density at radius 3 is 2.52 bits per heavy atom. The van der Waals surface area contributed by atoms with Crippen LogP contribution in [0, 0.1) is 12.8 Å². The fourth-order valence-electron chi connectivity index (χ4n) is 2.57. The zero-order valence-corrected chi connectivity index (χ0v) is 22.2. The van der Waals surface area contributed by atoms with E-state index in [4.69, 9.17) is 9.73 Å². The molecule has 1 atom stereocenters. The lowest BCUT2D eigenvalue weighted by atomic mass is 10.0. The number of aliphatic imine (C=N–C) groups is 1. The molecular formula is C20H38IN5O2S. The third-order valence-corrected chi connectivity index (χ3v) is 4.93. The Morgan fingerprint density at radius 1 is 1.38 bits per heavy atom. The molecule has 29 heavy (non-hydrogen) atoms. The van der Waals surface area contributed by atoms with Crippen LogP contribution in [0.25, 0.3) is 0 Å². The van der Waals surface area contributed by atoms with Crippen LogP contribution >= 0.6 is 35.3 Å². The van der Waals surface area contributed by atoms with E-state index >= 15 is 0 Å². The topological polar surface area (TPSA) is 78.9 Å². The number of hydrogen-bond acceptors (Lipinski definition) is 5. The number of rotatable bonds is 8. The molecule has 7 nitrogen and oxygen atoms in total. The molecule has 168 valence electrons. The summed E-state index contributed by atoms with van der Waals surface area (Å²) in [7, 11) is 2.02. The number of halogens is 1. The van der Waals surface area contributed by atoms with Crippen molar-refractivity contribution >= 4 is 47.4 Å². The molecule has 0 radical (unpaired) electrons.